The number of ether oxygens (including phenoxy) is 3. The third-order valence-electron chi connectivity index (χ3n) is 5.52. The summed E-state index contributed by atoms with van der Waals surface area (Å²) >= 11 is 0. The highest BCUT2D eigenvalue weighted by atomic mass is 35.5. The molecular formula is C26H27ClF3NO3. The minimum absolute atomic E-state index is 0. The minimum Gasteiger partial charge on any atom is -0.489 e. The normalized spacial score (nSPS) is 14.2. The average molecular weight is 494 g/mol. The highest BCUT2D eigenvalue weighted by Crippen LogP contribution is 2.37. The van der Waals surface area contributed by atoms with E-state index in [2.05, 4.69) is 10.1 Å². The predicted octanol–water partition coefficient (Wildman–Crippen LogP) is 6.63. The summed E-state index contributed by atoms with van der Waals surface area (Å²) in [7, 11) is 0. The Hall–Kier alpha value is -2.90. The van der Waals surface area contributed by atoms with Crippen molar-refractivity contribution in [1.82, 2.24) is 5.32 Å². The third-order valence-corrected chi connectivity index (χ3v) is 5.52. The SMILES string of the molecule is Cl.FC(F)(F)Oc1ccc(-c2cccc(OCc3ccccc3)c2)cc1OCC1CCNCC1. The van der Waals surface area contributed by atoms with Gasteiger partial charge < -0.3 is 19.5 Å². The van der Waals surface area contributed by atoms with Crippen LogP contribution in [0.25, 0.3) is 11.1 Å². The van der Waals surface area contributed by atoms with Crippen LogP contribution >= 0.6 is 12.4 Å². The van der Waals surface area contributed by atoms with Gasteiger partial charge in [-0.3, -0.25) is 0 Å². The number of piperidine rings is 1. The molecular weight excluding hydrogens is 467 g/mol. The lowest BCUT2D eigenvalue weighted by Crippen LogP contribution is -2.30. The number of benzene rings is 3. The zero-order chi connectivity index (χ0) is 23.1. The summed E-state index contributed by atoms with van der Waals surface area (Å²) in [6.07, 6.45) is -2.94. The standard InChI is InChI=1S/C26H26F3NO3.ClH/c27-26(28,29)33-24-10-9-22(16-25(24)32-18-20-11-13-30-14-12-20)21-7-4-8-23(15-21)31-17-19-5-2-1-3-6-19;/h1-10,15-16,20,30H,11-14,17-18H2;1H. The summed E-state index contributed by atoms with van der Waals surface area (Å²) in [5.41, 5.74) is 2.57. The lowest BCUT2D eigenvalue weighted by Gasteiger charge is -2.23. The highest BCUT2D eigenvalue weighted by Gasteiger charge is 2.32. The first-order valence-electron chi connectivity index (χ1n) is 11.0. The number of hydrogen-bond donors (Lipinski definition) is 1. The van der Waals surface area contributed by atoms with E-state index in [1.807, 2.05) is 54.6 Å². The Labute approximate surface area is 203 Å². The molecule has 0 aromatic heterocycles. The molecule has 0 bridgehead atoms. The molecule has 0 atom stereocenters. The van der Waals surface area contributed by atoms with Crippen molar-refractivity contribution in [2.45, 2.75) is 25.8 Å². The fourth-order valence-corrected chi connectivity index (χ4v) is 3.77. The van der Waals surface area contributed by atoms with Crippen molar-refractivity contribution >= 4 is 12.4 Å². The molecule has 3 aromatic rings. The number of hydrogen-bond acceptors (Lipinski definition) is 4. The van der Waals surface area contributed by atoms with Gasteiger partial charge in [0.25, 0.3) is 0 Å². The van der Waals surface area contributed by atoms with Gasteiger partial charge in [0.2, 0.25) is 0 Å². The molecule has 182 valence electrons. The molecule has 1 fully saturated rings. The first-order chi connectivity index (χ1) is 16.0. The van der Waals surface area contributed by atoms with Crippen LogP contribution in [-0.4, -0.2) is 26.1 Å². The van der Waals surface area contributed by atoms with E-state index in [1.54, 1.807) is 12.1 Å². The lowest BCUT2D eigenvalue weighted by atomic mass is 9.99. The van der Waals surface area contributed by atoms with Gasteiger partial charge in [-0.1, -0.05) is 48.5 Å². The summed E-state index contributed by atoms with van der Waals surface area (Å²) in [5.74, 6) is 0.711. The van der Waals surface area contributed by atoms with Gasteiger partial charge in [-0.15, -0.1) is 25.6 Å². The van der Waals surface area contributed by atoms with Crippen LogP contribution in [-0.2, 0) is 6.61 Å². The van der Waals surface area contributed by atoms with Crippen molar-refractivity contribution in [3.8, 4) is 28.4 Å². The van der Waals surface area contributed by atoms with E-state index in [0.29, 0.717) is 24.9 Å². The first kappa shape index (κ1) is 25.7. The van der Waals surface area contributed by atoms with Crippen LogP contribution in [0, 0.1) is 5.92 Å². The van der Waals surface area contributed by atoms with Crippen LogP contribution in [0.5, 0.6) is 17.2 Å². The molecule has 0 unspecified atom stereocenters. The smallest absolute Gasteiger partial charge is 0.489 e. The molecule has 0 saturated carbocycles. The first-order valence-corrected chi connectivity index (χ1v) is 11.0. The number of rotatable bonds is 8. The molecule has 3 aromatic carbocycles. The van der Waals surface area contributed by atoms with Crippen LogP contribution in [0.1, 0.15) is 18.4 Å². The fraction of sp³-hybridized carbons (Fsp3) is 0.308. The lowest BCUT2D eigenvalue weighted by molar-refractivity contribution is -0.275. The van der Waals surface area contributed by atoms with Gasteiger partial charge in [0.1, 0.15) is 12.4 Å². The second kappa shape index (κ2) is 12.0. The van der Waals surface area contributed by atoms with Crippen LogP contribution < -0.4 is 19.5 Å². The second-order valence-electron chi connectivity index (χ2n) is 8.02. The van der Waals surface area contributed by atoms with E-state index >= 15 is 0 Å². The fourth-order valence-electron chi connectivity index (χ4n) is 3.77. The Morgan fingerprint density at radius 1 is 0.794 bits per heavy atom. The van der Waals surface area contributed by atoms with Crippen LogP contribution in [0.2, 0.25) is 0 Å². The van der Waals surface area contributed by atoms with Gasteiger partial charge in [0.05, 0.1) is 6.61 Å². The molecule has 0 amide bonds. The minimum atomic E-state index is -4.79. The van der Waals surface area contributed by atoms with E-state index in [1.165, 1.54) is 6.07 Å². The summed E-state index contributed by atoms with van der Waals surface area (Å²) in [6, 6.07) is 21.7. The van der Waals surface area contributed by atoms with Crippen molar-refractivity contribution in [2.75, 3.05) is 19.7 Å². The maximum absolute atomic E-state index is 12.9. The van der Waals surface area contributed by atoms with Crippen molar-refractivity contribution in [2.24, 2.45) is 5.92 Å². The van der Waals surface area contributed by atoms with Crippen LogP contribution in [0.15, 0.2) is 72.8 Å². The van der Waals surface area contributed by atoms with Crippen LogP contribution in [0.3, 0.4) is 0 Å². The highest BCUT2D eigenvalue weighted by molar-refractivity contribution is 5.85. The molecule has 4 rings (SSSR count). The Kier molecular flexibility index (Phi) is 9.07. The predicted molar refractivity (Wildman–Crippen MR) is 128 cm³/mol. The van der Waals surface area contributed by atoms with E-state index in [-0.39, 0.29) is 23.9 Å². The maximum atomic E-state index is 12.9. The molecule has 1 aliphatic rings. The summed E-state index contributed by atoms with van der Waals surface area (Å²) in [4.78, 5) is 0. The van der Waals surface area contributed by atoms with E-state index in [0.717, 1.165) is 42.6 Å². The molecule has 1 heterocycles. The third kappa shape index (κ3) is 7.57. The Bertz CT molecular complexity index is 1040. The van der Waals surface area contributed by atoms with Gasteiger partial charge in [-0.25, -0.2) is 0 Å². The Morgan fingerprint density at radius 3 is 2.26 bits per heavy atom. The molecule has 1 N–H and O–H groups in total. The molecule has 0 spiro atoms. The Balaban J connectivity index is 0.00000324. The monoisotopic (exact) mass is 493 g/mol. The molecule has 34 heavy (non-hydrogen) atoms. The average Bonchev–Trinajstić information content (AvgIpc) is 2.83. The van der Waals surface area contributed by atoms with E-state index < -0.39 is 6.36 Å². The Morgan fingerprint density at radius 2 is 1.53 bits per heavy atom. The largest absolute Gasteiger partial charge is 0.573 e. The molecule has 1 saturated heterocycles. The summed E-state index contributed by atoms with van der Waals surface area (Å²) < 4.78 is 54.7. The summed E-state index contributed by atoms with van der Waals surface area (Å²) in [6.45, 7) is 2.54. The zero-order valence-corrected chi connectivity index (χ0v) is 19.3. The molecule has 4 nitrogen and oxygen atoms in total. The quantitative estimate of drug-likeness (QED) is 0.382. The van der Waals surface area contributed by atoms with Gasteiger partial charge >= 0.3 is 6.36 Å². The molecule has 0 radical (unpaired) electrons. The van der Waals surface area contributed by atoms with Crippen LogP contribution in [0.4, 0.5) is 13.2 Å². The van der Waals surface area contributed by atoms with Gasteiger partial charge in [-0.2, -0.15) is 0 Å². The molecule has 8 heteroatoms. The van der Waals surface area contributed by atoms with E-state index in [4.69, 9.17) is 9.47 Å². The topological polar surface area (TPSA) is 39.7 Å². The van der Waals surface area contributed by atoms with Crippen molar-refractivity contribution in [1.29, 1.82) is 0 Å². The number of halogens is 4. The second-order valence-corrected chi connectivity index (χ2v) is 8.02. The van der Waals surface area contributed by atoms with Gasteiger partial charge in [0, 0.05) is 0 Å². The summed E-state index contributed by atoms with van der Waals surface area (Å²) in [5, 5.41) is 3.27. The van der Waals surface area contributed by atoms with Crippen molar-refractivity contribution < 1.29 is 27.4 Å². The molecule has 1 aliphatic heterocycles. The maximum Gasteiger partial charge on any atom is 0.573 e. The van der Waals surface area contributed by atoms with Gasteiger partial charge in [0.15, 0.2) is 11.5 Å². The van der Waals surface area contributed by atoms with E-state index in [9.17, 15) is 13.2 Å². The van der Waals surface area contributed by atoms with Crippen molar-refractivity contribution in [3.05, 3.63) is 78.4 Å². The van der Waals surface area contributed by atoms with Gasteiger partial charge in [-0.05, 0) is 72.8 Å². The molecule has 0 aliphatic carbocycles. The number of alkyl halides is 3. The number of nitrogens with one attached hydrogen (secondary N) is 1. The zero-order valence-electron chi connectivity index (χ0n) is 18.5. The van der Waals surface area contributed by atoms with Crippen molar-refractivity contribution in [3.63, 3.8) is 0 Å².